The Labute approximate surface area is 135 Å². The number of aliphatic hydroxyl groups is 1. The molecule has 5 nitrogen and oxygen atoms in total. The molecule has 2 rings (SSSR count). The SMILES string of the molecule is Cc1cc(Cl)cc(C)c1NC(=O)C(NC(=O)C1CC1)C(C)O. The highest BCUT2D eigenvalue weighted by Gasteiger charge is 2.34. The van der Waals surface area contributed by atoms with Gasteiger partial charge in [-0.05, 0) is 56.9 Å². The molecule has 0 bridgehead atoms. The summed E-state index contributed by atoms with van der Waals surface area (Å²) in [5, 5.41) is 15.8. The van der Waals surface area contributed by atoms with Crippen LogP contribution in [0.1, 0.15) is 30.9 Å². The van der Waals surface area contributed by atoms with Gasteiger partial charge in [-0.25, -0.2) is 0 Å². The van der Waals surface area contributed by atoms with E-state index < -0.39 is 18.1 Å². The van der Waals surface area contributed by atoms with E-state index in [0.29, 0.717) is 10.7 Å². The molecule has 0 aliphatic heterocycles. The van der Waals surface area contributed by atoms with Gasteiger partial charge in [-0.1, -0.05) is 11.6 Å². The Kier molecular flexibility index (Phi) is 5.08. The number of anilines is 1. The zero-order chi connectivity index (χ0) is 16.4. The Hall–Kier alpha value is -1.59. The average Bonchev–Trinajstić information content (AvgIpc) is 3.23. The maximum atomic E-state index is 12.4. The van der Waals surface area contributed by atoms with Gasteiger partial charge in [-0.15, -0.1) is 0 Å². The number of benzene rings is 1. The summed E-state index contributed by atoms with van der Waals surface area (Å²) in [6, 6.07) is 2.54. The van der Waals surface area contributed by atoms with Crippen LogP contribution < -0.4 is 10.6 Å². The van der Waals surface area contributed by atoms with Crippen LogP contribution in [0.5, 0.6) is 0 Å². The number of aryl methyl sites for hydroxylation is 2. The van der Waals surface area contributed by atoms with Gasteiger partial charge < -0.3 is 15.7 Å². The maximum absolute atomic E-state index is 12.4. The van der Waals surface area contributed by atoms with Crippen LogP contribution in [0.25, 0.3) is 0 Å². The molecule has 0 aromatic heterocycles. The van der Waals surface area contributed by atoms with Crippen molar-refractivity contribution in [3.05, 3.63) is 28.3 Å². The van der Waals surface area contributed by atoms with Crippen LogP contribution in [-0.4, -0.2) is 29.1 Å². The van der Waals surface area contributed by atoms with Crippen molar-refractivity contribution < 1.29 is 14.7 Å². The molecule has 0 radical (unpaired) electrons. The minimum atomic E-state index is -0.976. The lowest BCUT2D eigenvalue weighted by atomic mass is 10.1. The quantitative estimate of drug-likeness (QED) is 0.776. The average molecular weight is 325 g/mol. The molecule has 6 heteroatoms. The van der Waals surface area contributed by atoms with Crippen molar-refractivity contribution >= 4 is 29.1 Å². The first kappa shape index (κ1) is 16.8. The summed E-state index contributed by atoms with van der Waals surface area (Å²) in [6.45, 7) is 5.17. The first-order valence-corrected chi connectivity index (χ1v) is 7.73. The highest BCUT2D eigenvalue weighted by atomic mass is 35.5. The first-order valence-electron chi connectivity index (χ1n) is 7.35. The standard InChI is InChI=1S/C16H21ClN2O3/c1-8-6-12(17)7-9(2)13(8)18-16(22)14(10(3)20)19-15(21)11-4-5-11/h6-7,10-11,14,20H,4-5H2,1-3H3,(H,18,22)(H,19,21). The van der Waals surface area contributed by atoms with Gasteiger partial charge in [0.2, 0.25) is 11.8 Å². The van der Waals surface area contributed by atoms with E-state index in [0.717, 1.165) is 24.0 Å². The molecule has 2 unspecified atom stereocenters. The van der Waals surface area contributed by atoms with E-state index in [1.165, 1.54) is 6.92 Å². The van der Waals surface area contributed by atoms with Crippen LogP contribution in [0.15, 0.2) is 12.1 Å². The van der Waals surface area contributed by atoms with Crippen molar-refractivity contribution in [3.63, 3.8) is 0 Å². The molecule has 1 aliphatic carbocycles. The minimum absolute atomic E-state index is 0.0203. The van der Waals surface area contributed by atoms with Crippen LogP contribution >= 0.6 is 11.6 Å². The smallest absolute Gasteiger partial charge is 0.249 e. The van der Waals surface area contributed by atoms with E-state index >= 15 is 0 Å². The summed E-state index contributed by atoms with van der Waals surface area (Å²) in [6.07, 6.45) is 0.709. The van der Waals surface area contributed by atoms with Crippen LogP contribution in [0.3, 0.4) is 0 Å². The van der Waals surface area contributed by atoms with Gasteiger partial charge >= 0.3 is 0 Å². The van der Waals surface area contributed by atoms with Gasteiger partial charge in [-0.3, -0.25) is 9.59 Å². The fraction of sp³-hybridized carbons (Fsp3) is 0.500. The summed E-state index contributed by atoms with van der Waals surface area (Å²) < 4.78 is 0. The maximum Gasteiger partial charge on any atom is 0.249 e. The number of rotatable bonds is 5. The molecule has 3 N–H and O–H groups in total. The molecule has 22 heavy (non-hydrogen) atoms. The predicted molar refractivity (Wildman–Crippen MR) is 85.9 cm³/mol. The third-order valence-electron chi connectivity index (χ3n) is 3.76. The summed E-state index contributed by atoms with van der Waals surface area (Å²) >= 11 is 5.97. The molecule has 1 fully saturated rings. The zero-order valence-electron chi connectivity index (χ0n) is 12.9. The Morgan fingerprint density at radius 2 is 1.82 bits per heavy atom. The molecule has 0 saturated heterocycles. The lowest BCUT2D eigenvalue weighted by Gasteiger charge is -2.22. The molecule has 1 aromatic rings. The van der Waals surface area contributed by atoms with Gasteiger partial charge in [0.25, 0.3) is 0 Å². The molecular weight excluding hydrogens is 304 g/mol. The van der Waals surface area contributed by atoms with E-state index in [1.54, 1.807) is 12.1 Å². The lowest BCUT2D eigenvalue weighted by Crippen LogP contribution is -2.50. The van der Waals surface area contributed by atoms with Crippen molar-refractivity contribution in [1.29, 1.82) is 0 Å². The molecule has 0 heterocycles. The summed E-state index contributed by atoms with van der Waals surface area (Å²) in [5.74, 6) is -0.629. The van der Waals surface area contributed by atoms with Gasteiger partial charge in [0, 0.05) is 16.6 Å². The fourth-order valence-electron chi connectivity index (χ4n) is 2.33. The molecule has 2 amide bonds. The monoisotopic (exact) mass is 324 g/mol. The molecule has 1 aliphatic rings. The van der Waals surface area contributed by atoms with E-state index in [2.05, 4.69) is 10.6 Å². The van der Waals surface area contributed by atoms with Crippen LogP contribution in [0.2, 0.25) is 5.02 Å². The minimum Gasteiger partial charge on any atom is -0.391 e. The van der Waals surface area contributed by atoms with Gasteiger partial charge in [0.05, 0.1) is 6.10 Å². The fourth-order valence-corrected chi connectivity index (χ4v) is 2.66. The Morgan fingerprint density at radius 1 is 1.27 bits per heavy atom. The van der Waals surface area contributed by atoms with Crippen molar-refractivity contribution in [2.24, 2.45) is 5.92 Å². The highest BCUT2D eigenvalue weighted by molar-refractivity contribution is 6.30. The van der Waals surface area contributed by atoms with Crippen LogP contribution in [-0.2, 0) is 9.59 Å². The molecular formula is C16H21ClN2O3. The second kappa shape index (κ2) is 6.67. The normalized spacial score (nSPS) is 16.8. The number of halogens is 1. The Morgan fingerprint density at radius 3 is 2.27 bits per heavy atom. The molecule has 1 saturated carbocycles. The van der Waals surface area contributed by atoms with Gasteiger partial charge in [0.1, 0.15) is 6.04 Å². The number of carbonyl (C=O) groups excluding carboxylic acids is 2. The van der Waals surface area contributed by atoms with E-state index in [-0.39, 0.29) is 11.8 Å². The largest absolute Gasteiger partial charge is 0.391 e. The van der Waals surface area contributed by atoms with E-state index in [9.17, 15) is 14.7 Å². The second-order valence-electron chi connectivity index (χ2n) is 5.90. The van der Waals surface area contributed by atoms with Crippen molar-refractivity contribution in [2.75, 3.05) is 5.32 Å². The van der Waals surface area contributed by atoms with Gasteiger partial charge in [-0.2, -0.15) is 0 Å². The number of amides is 2. The number of hydrogen-bond acceptors (Lipinski definition) is 3. The topological polar surface area (TPSA) is 78.4 Å². The summed E-state index contributed by atoms with van der Waals surface area (Å²) in [7, 11) is 0. The second-order valence-corrected chi connectivity index (χ2v) is 6.34. The molecule has 120 valence electrons. The van der Waals surface area contributed by atoms with Crippen LogP contribution in [0.4, 0.5) is 5.69 Å². The van der Waals surface area contributed by atoms with Crippen LogP contribution in [0, 0.1) is 19.8 Å². The summed E-state index contributed by atoms with van der Waals surface area (Å²) in [4.78, 5) is 24.2. The zero-order valence-corrected chi connectivity index (χ0v) is 13.7. The highest BCUT2D eigenvalue weighted by Crippen LogP contribution is 2.29. The van der Waals surface area contributed by atoms with Crippen molar-refractivity contribution in [1.82, 2.24) is 5.32 Å². The third kappa shape index (κ3) is 3.99. The molecule has 1 aromatic carbocycles. The third-order valence-corrected chi connectivity index (χ3v) is 3.97. The Bertz CT molecular complexity index is 574. The van der Waals surface area contributed by atoms with Crippen molar-refractivity contribution in [2.45, 2.75) is 45.8 Å². The van der Waals surface area contributed by atoms with E-state index in [1.807, 2.05) is 13.8 Å². The Balaban J connectivity index is 2.12. The van der Waals surface area contributed by atoms with E-state index in [4.69, 9.17) is 11.6 Å². The number of hydrogen-bond donors (Lipinski definition) is 3. The lowest BCUT2D eigenvalue weighted by molar-refractivity contribution is -0.129. The van der Waals surface area contributed by atoms with Gasteiger partial charge in [0.15, 0.2) is 0 Å². The number of aliphatic hydroxyl groups excluding tert-OH is 1. The summed E-state index contributed by atoms with van der Waals surface area (Å²) in [5.41, 5.74) is 2.31. The predicted octanol–water partition coefficient (Wildman–Crippen LogP) is 2.17. The first-order chi connectivity index (χ1) is 10.3. The number of nitrogens with one attached hydrogen (secondary N) is 2. The molecule has 2 atom stereocenters. The number of carbonyl (C=O) groups is 2. The van der Waals surface area contributed by atoms with Crippen molar-refractivity contribution in [3.8, 4) is 0 Å². The molecule has 0 spiro atoms.